The molecule has 1 aliphatic rings. The normalized spacial score (nSPS) is 15.3. The zero-order valence-corrected chi connectivity index (χ0v) is 15.7. The van der Waals surface area contributed by atoms with Crippen LogP contribution in [0.4, 0.5) is 0 Å². The zero-order valence-electron chi connectivity index (χ0n) is 14.9. The Kier molecular flexibility index (Phi) is 6.38. The highest BCUT2D eigenvalue weighted by Gasteiger charge is 2.22. The van der Waals surface area contributed by atoms with Crippen molar-refractivity contribution in [3.63, 3.8) is 0 Å². The van der Waals surface area contributed by atoms with Crippen molar-refractivity contribution in [3.05, 3.63) is 58.1 Å². The summed E-state index contributed by atoms with van der Waals surface area (Å²) < 4.78 is 11.2. The van der Waals surface area contributed by atoms with Gasteiger partial charge in [0.1, 0.15) is 0 Å². The fourth-order valence-corrected chi connectivity index (χ4v) is 3.51. The van der Waals surface area contributed by atoms with Crippen LogP contribution < -0.4 is 14.8 Å². The van der Waals surface area contributed by atoms with Crippen LogP contribution in [0.2, 0.25) is 5.02 Å². The lowest BCUT2D eigenvalue weighted by Crippen LogP contribution is -2.18. The third-order valence-electron chi connectivity index (χ3n) is 4.65. The first-order valence-corrected chi connectivity index (χ1v) is 9.27. The first-order valence-electron chi connectivity index (χ1n) is 8.89. The lowest BCUT2D eigenvalue weighted by Gasteiger charge is -2.16. The van der Waals surface area contributed by atoms with Crippen molar-refractivity contribution < 1.29 is 9.47 Å². The van der Waals surface area contributed by atoms with E-state index in [1.54, 1.807) is 7.11 Å². The van der Waals surface area contributed by atoms with Crippen molar-refractivity contribution >= 4 is 11.6 Å². The van der Waals surface area contributed by atoms with E-state index >= 15 is 0 Å². The molecule has 1 unspecified atom stereocenters. The third-order valence-corrected chi connectivity index (χ3v) is 4.89. The highest BCUT2D eigenvalue weighted by molar-refractivity contribution is 6.30. The highest BCUT2D eigenvalue weighted by Crippen LogP contribution is 2.33. The molecule has 0 aliphatic heterocycles. The van der Waals surface area contributed by atoms with Gasteiger partial charge in [-0.15, -0.1) is 0 Å². The molecule has 0 bridgehead atoms. The molecule has 2 aromatic rings. The third kappa shape index (κ3) is 4.49. The fraction of sp³-hybridized carbons (Fsp3) is 0.381. The Bertz CT molecular complexity index is 801. The predicted molar refractivity (Wildman–Crippen MR) is 103 cm³/mol. The summed E-state index contributed by atoms with van der Waals surface area (Å²) in [6, 6.07) is 14.6. The summed E-state index contributed by atoms with van der Waals surface area (Å²) in [5.41, 5.74) is 3.82. The lowest BCUT2D eigenvalue weighted by atomic mass is 10.1. The van der Waals surface area contributed by atoms with Crippen molar-refractivity contribution in [2.24, 2.45) is 0 Å². The van der Waals surface area contributed by atoms with Crippen LogP contribution >= 0.6 is 11.6 Å². The van der Waals surface area contributed by atoms with Gasteiger partial charge in [-0.2, -0.15) is 5.26 Å². The van der Waals surface area contributed by atoms with Crippen LogP contribution in [-0.2, 0) is 13.0 Å². The number of nitriles is 1. The van der Waals surface area contributed by atoms with Crippen LogP contribution in [0.1, 0.15) is 42.0 Å². The van der Waals surface area contributed by atoms with Crippen molar-refractivity contribution in [1.29, 1.82) is 5.26 Å². The van der Waals surface area contributed by atoms with Crippen LogP contribution in [0, 0.1) is 11.3 Å². The smallest absolute Gasteiger partial charge is 0.161 e. The molecule has 4 nitrogen and oxygen atoms in total. The Morgan fingerprint density at radius 2 is 2.12 bits per heavy atom. The van der Waals surface area contributed by atoms with Crippen LogP contribution in [0.5, 0.6) is 11.5 Å². The number of hydrogen-bond donors (Lipinski definition) is 1. The molecule has 0 aromatic heterocycles. The molecule has 3 rings (SSSR count). The number of methoxy groups -OCH3 is 1. The van der Waals surface area contributed by atoms with Gasteiger partial charge in [-0.1, -0.05) is 23.7 Å². The molecule has 0 spiro atoms. The molecule has 5 heteroatoms. The molecule has 2 aromatic carbocycles. The van der Waals surface area contributed by atoms with Crippen LogP contribution in [0.25, 0.3) is 0 Å². The molecule has 0 heterocycles. The van der Waals surface area contributed by atoms with E-state index in [0.717, 1.165) is 35.7 Å². The topological polar surface area (TPSA) is 54.3 Å². The number of hydrogen-bond acceptors (Lipinski definition) is 4. The minimum atomic E-state index is 0.351. The number of unbranched alkanes of at least 4 members (excludes halogenated alkanes) is 1. The summed E-state index contributed by atoms with van der Waals surface area (Å²) in [7, 11) is 1.63. The van der Waals surface area contributed by atoms with E-state index in [4.69, 9.17) is 26.3 Å². The summed E-state index contributed by atoms with van der Waals surface area (Å²) in [5.74, 6) is 1.44. The first kappa shape index (κ1) is 18.6. The Hall–Kier alpha value is -2.22. The summed E-state index contributed by atoms with van der Waals surface area (Å²) in [6.07, 6.45) is 3.35. The molecule has 1 atom stereocenters. The molecule has 0 fully saturated rings. The number of nitrogens with zero attached hydrogens (tertiary/aromatic N) is 1. The Morgan fingerprint density at radius 1 is 1.23 bits per heavy atom. The second-order valence-corrected chi connectivity index (χ2v) is 6.85. The quantitative estimate of drug-likeness (QED) is 0.677. The molecular weight excluding hydrogens is 348 g/mol. The lowest BCUT2D eigenvalue weighted by molar-refractivity contribution is 0.290. The van der Waals surface area contributed by atoms with Gasteiger partial charge in [-0.3, -0.25) is 0 Å². The number of aryl methyl sites for hydroxylation is 1. The molecule has 136 valence electrons. The summed E-state index contributed by atoms with van der Waals surface area (Å²) in [5, 5.41) is 13.1. The van der Waals surface area contributed by atoms with Crippen molar-refractivity contribution in [1.82, 2.24) is 5.32 Å². The van der Waals surface area contributed by atoms with Gasteiger partial charge in [-0.05, 0) is 60.2 Å². The summed E-state index contributed by atoms with van der Waals surface area (Å²) in [6.45, 7) is 1.27. The van der Waals surface area contributed by atoms with Gasteiger partial charge in [0, 0.05) is 24.0 Å². The number of benzene rings is 2. The molecular formula is C21H23ClN2O2. The maximum absolute atomic E-state index is 8.62. The van der Waals surface area contributed by atoms with Crippen molar-refractivity contribution in [2.75, 3.05) is 13.7 Å². The van der Waals surface area contributed by atoms with Gasteiger partial charge in [0.05, 0.1) is 19.8 Å². The molecule has 1 N–H and O–H groups in total. The van der Waals surface area contributed by atoms with E-state index in [9.17, 15) is 0 Å². The van der Waals surface area contributed by atoms with Crippen molar-refractivity contribution in [3.8, 4) is 17.6 Å². The van der Waals surface area contributed by atoms with Crippen LogP contribution in [-0.4, -0.2) is 13.7 Å². The SMILES string of the molecule is COc1ccc(CNC2CCc3cc(Cl)ccc32)cc1OCCCC#N. The van der Waals surface area contributed by atoms with E-state index in [0.29, 0.717) is 31.2 Å². The summed E-state index contributed by atoms with van der Waals surface area (Å²) >= 11 is 6.09. The predicted octanol–water partition coefficient (Wildman–Crippen LogP) is 4.81. The minimum Gasteiger partial charge on any atom is -0.493 e. The van der Waals surface area contributed by atoms with E-state index in [-0.39, 0.29) is 0 Å². The van der Waals surface area contributed by atoms with Gasteiger partial charge < -0.3 is 14.8 Å². The van der Waals surface area contributed by atoms with Gasteiger partial charge in [0.15, 0.2) is 11.5 Å². The second kappa shape index (κ2) is 8.93. The fourth-order valence-electron chi connectivity index (χ4n) is 3.32. The highest BCUT2D eigenvalue weighted by atomic mass is 35.5. The number of halogens is 1. The summed E-state index contributed by atoms with van der Waals surface area (Å²) in [4.78, 5) is 0. The Morgan fingerprint density at radius 3 is 2.92 bits per heavy atom. The largest absolute Gasteiger partial charge is 0.493 e. The maximum Gasteiger partial charge on any atom is 0.161 e. The molecule has 26 heavy (non-hydrogen) atoms. The second-order valence-electron chi connectivity index (χ2n) is 6.41. The van der Waals surface area contributed by atoms with E-state index in [1.165, 1.54) is 11.1 Å². The number of rotatable bonds is 8. The van der Waals surface area contributed by atoms with Gasteiger partial charge in [-0.25, -0.2) is 0 Å². The number of nitrogens with one attached hydrogen (secondary N) is 1. The van der Waals surface area contributed by atoms with Crippen LogP contribution in [0.15, 0.2) is 36.4 Å². The average Bonchev–Trinajstić information content (AvgIpc) is 3.05. The van der Waals surface area contributed by atoms with Gasteiger partial charge >= 0.3 is 0 Å². The number of fused-ring (bicyclic) bond motifs is 1. The molecule has 0 saturated heterocycles. The Balaban J connectivity index is 1.63. The monoisotopic (exact) mass is 370 g/mol. The average molecular weight is 371 g/mol. The van der Waals surface area contributed by atoms with E-state index in [2.05, 4.69) is 23.5 Å². The molecule has 0 saturated carbocycles. The molecule has 0 amide bonds. The minimum absolute atomic E-state index is 0.351. The van der Waals surface area contributed by atoms with Crippen molar-refractivity contribution in [2.45, 2.75) is 38.3 Å². The zero-order chi connectivity index (χ0) is 18.4. The van der Waals surface area contributed by atoms with E-state index in [1.807, 2.05) is 24.3 Å². The molecule has 0 radical (unpaired) electrons. The van der Waals surface area contributed by atoms with E-state index < -0.39 is 0 Å². The standard InChI is InChI=1S/C21H23ClN2O2/c1-25-20-9-4-15(12-21(20)26-11-3-2-10-23)14-24-19-8-5-16-13-17(22)6-7-18(16)19/h4,6-7,9,12-13,19,24H,2-3,5,8,11,14H2,1H3. The van der Waals surface area contributed by atoms with Crippen LogP contribution in [0.3, 0.4) is 0 Å². The Labute approximate surface area is 159 Å². The maximum atomic E-state index is 8.62. The first-order chi connectivity index (χ1) is 12.7. The van der Waals surface area contributed by atoms with Gasteiger partial charge in [0.2, 0.25) is 0 Å². The number of ether oxygens (including phenoxy) is 2. The van der Waals surface area contributed by atoms with Gasteiger partial charge in [0.25, 0.3) is 0 Å². The molecule has 1 aliphatic carbocycles.